The zero-order valence-electron chi connectivity index (χ0n) is 13.7. The molecule has 2 N–H and O–H groups in total. The average Bonchev–Trinajstić information content (AvgIpc) is 2.53. The molecular weight excluding hydrogens is 330 g/mol. The molecule has 1 heterocycles. The maximum absolute atomic E-state index is 12.2. The number of hydrogen-bond acceptors (Lipinski definition) is 4. The number of nitrogens with zero attached hydrogens (tertiary/aromatic N) is 1. The normalized spacial score (nSPS) is 16.5. The molecule has 0 bridgehead atoms. The second kappa shape index (κ2) is 8.14. The number of amides is 2. The maximum atomic E-state index is 12.2. The van der Waals surface area contributed by atoms with Gasteiger partial charge < -0.3 is 10.6 Å². The molecule has 0 atom stereocenters. The third-order valence-electron chi connectivity index (χ3n) is 3.76. The van der Waals surface area contributed by atoms with Crippen LogP contribution in [0.4, 0.5) is 5.69 Å². The van der Waals surface area contributed by atoms with Crippen LogP contribution in [0.15, 0.2) is 24.3 Å². The van der Waals surface area contributed by atoms with Crippen LogP contribution in [0.25, 0.3) is 0 Å². The van der Waals surface area contributed by atoms with Crippen LogP contribution >= 0.6 is 0 Å². The Morgan fingerprint density at radius 2 is 1.92 bits per heavy atom. The molecule has 0 unspecified atom stereocenters. The summed E-state index contributed by atoms with van der Waals surface area (Å²) in [4.78, 5) is 22.9. The Kier molecular flexibility index (Phi) is 6.19. The Labute approximate surface area is 142 Å². The Bertz CT molecular complexity index is 703. The lowest BCUT2D eigenvalue weighted by molar-refractivity contribution is -0.118. The SMILES string of the molecule is CC(=O)NCCCNC(=O)c1cccc(N2CCCCS2(=O)=O)c1. The molecule has 24 heavy (non-hydrogen) atoms. The second-order valence-electron chi connectivity index (χ2n) is 5.74. The molecule has 132 valence electrons. The van der Waals surface area contributed by atoms with E-state index in [1.165, 1.54) is 11.2 Å². The molecule has 1 aromatic rings. The number of hydrogen-bond donors (Lipinski definition) is 2. The summed E-state index contributed by atoms with van der Waals surface area (Å²) in [5.74, 6) is -0.210. The first-order valence-corrected chi connectivity index (χ1v) is 9.64. The van der Waals surface area contributed by atoms with E-state index in [-0.39, 0.29) is 17.6 Å². The highest BCUT2D eigenvalue weighted by molar-refractivity contribution is 7.92. The van der Waals surface area contributed by atoms with Crippen molar-refractivity contribution < 1.29 is 18.0 Å². The number of anilines is 1. The van der Waals surface area contributed by atoms with Gasteiger partial charge in [0.25, 0.3) is 5.91 Å². The third-order valence-corrected chi connectivity index (χ3v) is 5.63. The van der Waals surface area contributed by atoms with Crippen LogP contribution in [-0.4, -0.2) is 45.6 Å². The van der Waals surface area contributed by atoms with Crippen molar-refractivity contribution >= 4 is 27.5 Å². The lowest BCUT2D eigenvalue weighted by atomic mass is 10.2. The topological polar surface area (TPSA) is 95.6 Å². The van der Waals surface area contributed by atoms with Crippen LogP contribution in [0, 0.1) is 0 Å². The number of nitrogens with one attached hydrogen (secondary N) is 2. The molecule has 8 heteroatoms. The fourth-order valence-electron chi connectivity index (χ4n) is 2.54. The van der Waals surface area contributed by atoms with Crippen LogP contribution in [0.5, 0.6) is 0 Å². The summed E-state index contributed by atoms with van der Waals surface area (Å²) in [7, 11) is -3.29. The summed E-state index contributed by atoms with van der Waals surface area (Å²) in [6.45, 7) is 2.83. The smallest absolute Gasteiger partial charge is 0.251 e. The molecular formula is C16H23N3O4S. The number of benzene rings is 1. The Morgan fingerprint density at radius 3 is 2.62 bits per heavy atom. The lowest BCUT2D eigenvalue weighted by Gasteiger charge is -2.28. The predicted octanol–water partition coefficient (Wildman–Crippen LogP) is 0.873. The van der Waals surface area contributed by atoms with Crippen molar-refractivity contribution in [1.82, 2.24) is 10.6 Å². The van der Waals surface area contributed by atoms with E-state index in [9.17, 15) is 18.0 Å². The highest BCUT2D eigenvalue weighted by atomic mass is 32.2. The van der Waals surface area contributed by atoms with E-state index in [1.54, 1.807) is 24.3 Å². The fraction of sp³-hybridized carbons (Fsp3) is 0.500. The first-order chi connectivity index (χ1) is 11.4. The van der Waals surface area contributed by atoms with Crippen LogP contribution in [-0.2, 0) is 14.8 Å². The minimum atomic E-state index is -3.29. The predicted molar refractivity (Wildman–Crippen MR) is 92.4 cm³/mol. The van der Waals surface area contributed by atoms with E-state index < -0.39 is 10.0 Å². The zero-order valence-corrected chi connectivity index (χ0v) is 14.6. The molecule has 1 aliphatic heterocycles. The van der Waals surface area contributed by atoms with Crippen molar-refractivity contribution in [3.63, 3.8) is 0 Å². The van der Waals surface area contributed by atoms with Crippen LogP contribution < -0.4 is 14.9 Å². The van der Waals surface area contributed by atoms with Gasteiger partial charge in [0.2, 0.25) is 15.9 Å². The van der Waals surface area contributed by atoms with Crippen molar-refractivity contribution in [2.75, 3.05) is 29.7 Å². The average molecular weight is 353 g/mol. The number of carbonyl (C=O) groups is 2. The van der Waals surface area contributed by atoms with Gasteiger partial charge >= 0.3 is 0 Å². The molecule has 2 amide bonds. The lowest BCUT2D eigenvalue weighted by Crippen LogP contribution is -2.38. The molecule has 1 aliphatic rings. The van der Waals surface area contributed by atoms with E-state index in [1.807, 2.05) is 0 Å². The summed E-state index contributed by atoms with van der Waals surface area (Å²) in [6, 6.07) is 6.65. The Balaban J connectivity index is 1.97. The van der Waals surface area contributed by atoms with Crippen molar-refractivity contribution in [1.29, 1.82) is 0 Å². The highest BCUT2D eigenvalue weighted by Gasteiger charge is 2.26. The number of carbonyl (C=O) groups excluding carboxylic acids is 2. The van der Waals surface area contributed by atoms with Gasteiger partial charge in [0, 0.05) is 32.1 Å². The third kappa shape index (κ3) is 4.95. The van der Waals surface area contributed by atoms with Gasteiger partial charge in [-0.05, 0) is 37.5 Å². The van der Waals surface area contributed by atoms with Gasteiger partial charge in [-0.1, -0.05) is 6.07 Å². The largest absolute Gasteiger partial charge is 0.356 e. The van der Waals surface area contributed by atoms with E-state index in [4.69, 9.17) is 0 Å². The monoisotopic (exact) mass is 353 g/mol. The van der Waals surface area contributed by atoms with Gasteiger partial charge in [-0.2, -0.15) is 0 Å². The molecule has 0 saturated carbocycles. The fourth-order valence-corrected chi connectivity index (χ4v) is 4.17. The van der Waals surface area contributed by atoms with Gasteiger partial charge in [0.15, 0.2) is 0 Å². The molecule has 1 aromatic carbocycles. The van der Waals surface area contributed by atoms with E-state index in [0.29, 0.717) is 43.7 Å². The van der Waals surface area contributed by atoms with E-state index in [0.717, 1.165) is 6.42 Å². The summed E-state index contributed by atoms with van der Waals surface area (Å²) in [5, 5.41) is 5.42. The van der Waals surface area contributed by atoms with Gasteiger partial charge in [0.05, 0.1) is 11.4 Å². The van der Waals surface area contributed by atoms with Gasteiger partial charge in [-0.25, -0.2) is 8.42 Å². The van der Waals surface area contributed by atoms with Crippen LogP contribution in [0.2, 0.25) is 0 Å². The molecule has 0 spiro atoms. The molecule has 0 radical (unpaired) electrons. The first-order valence-electron chi connectivity index (χ1n) is 8.03. The summed E-state index contributed by atoms with van der Waals surface area (Å²) < 4.78 is 25.7. The van der Waals surface area contributed by atoms with Crippen LogP contribution in [0.3, 0.4) is 0 Å². The van der Waals surface area contributed by atoms with E-state index in [2.05, 4.69) is 10.6 Å². The Hall–Kier alpha value is -2.09. The van der Waals surface area contributed by atoms with Crippen molar-refractivity contribution in [2.24, 2.45) is 0 Å². The van der Waals surface area contributed by atoms with Crippen LogP contribution in [0.1, 0.15) is 36.5 Å². The van der Waals surface area contributed by atoms with Gasteiger partial charge in [-0.3, -0.25) is 13.9 Å². The summed E-state index contributed by atoms with van der Waals surface area (Å²) >= 11 is 0. The summed E-state index contributed by atoms with van der Waals surface area (Å²) in [5.41, 5.74) is 0.952. The quantitative estimate of drug-likeness (QED) is 0.742. The highest BCUT2D eigenvalue weighted by Crippen LogP contribution is 2.24. The van der Waals surface area contributed by atoms with E-state index >= 15 is 0 Å². The summed E-state index contributed by atoms with van der Waals surface area (Å²) in [6.07, 6.45) is 2.12. The van der Waals surface area contributed by atoms with Crippen molar-refractivity contribution in [2.45, 2.75) is 26.2 Å². The minimum absolute atomic E-state index is 0.100. The standard InChI is InChI=1S/C16H23N3O4S/c1-13(20)17-8-5-9-18-16(21)14-6-4-7-15(12-14)19-10-2-3-11-24(19,22)23/h4,6-7,12H,2-3,5,8-11H2,1H3,(H,17,20)(H,18,21). The van der Waals surface area contributed by atoms with Gasteiger partial charge in [0.1, 0.15) is 0 Å². The van der Waals surface area contributed by atoms with Crippen molar-refractivity contribution in [3.8, 4) is 0 Å². The maximum Gasteiger partial charge on any atom is 0.251 e. The number of rotatable bonds is 6. The molecule has 1 saturated heterocycles. The zero-order chi connectivity index (χ0) is 17.6. The minimum Gasteiger partial charge on any atom is -0.356 e. The van der Waals surface area contributed by atoms with Gasteiger partial charge in [-0.15, -0.1) is 0 Å². The Morgan fingerprint density at radius 1 is 1.17 bits per heavy atom. The number of sulfonamides is 1. The first kappa shape index (κ1) is 18.3. The molecule has 0 aliphatic carbocycles. The van der Waals surface area contributed by atoms with Crippen molar-refractivity contribution in [3.05, 3.63) is 29.8 Å². The molecule has 7 nitrogen and oxygen atoms in total. The molecule has 0 aromatic heterocycles. The molecule has 2 rings (SSSR count). The second-order valence-corrected chi connectivity index (χ2v) is 7.75. The molecule has 1 fully saturated rings.